The molecule has 2 unspecified atom stereocenters. The van der Waals surface area contributed by atoms with Gasteiger partial charge in [-0.2, -0.15) is 0 Å². The molecule has 176 valence electrons. The Labute approximate surface area is 198 Å². The first-order valence-electron chi connectivity index (χ1n) is 11.7. The number of hydrogen-bond acceptors (Lipinski definition) is 6. The molecule has 8 heteroatoms. The van der Waals surface area contributed by atoms with Gasteiger partial charge in [0.1, 0.15) is 11.4 Å². The van der Waals surface area contributed by atoms with E-state index in [1.54, 1.807) is 0 Å². The number of hydrogen-bond donors (Lipinski definition) is 1. The highest BCUT2D eigenvalue weighted by Gasteiger charge is 2.38. The summed E-state index contributed by atoms with van der Waals surface area (Å²) in [5, 5.41) is 6.07. The molecule has 2 atom stereocenters. The van der Waals surface area contributed by atoms with E-state index in [2.05, 4.69) is 46.1 Å². The molecule has 1 aliphatic heterocycles. The third kappa shape index (κ3) is 4.27. The van der Waals surface area contributed by atoms with E-state index < -0.39 is 11.7 Å². The van der Waals surface area contributed by atoms with Crippen molar-refractivity contribution in [2.75, 3.05) is 18.0 Å². The summed E-state index contributed by atoms with van der Waals surface area (Å²) in [6, 6.07) is 14.4. The Balaban J connectivity index is 1.35. The van der Waals surface area contributed by atoms with Crippen molar-refractivity contribution >= 4 is 28.5 Å². The van der Waals surface area contributed by atoms with Gasteiger partial charge < -0.3 is 15.4 Å². The number of pyridine rings is 1. The van der Waals surface area contributed by atoms with Crippen LogP contribution in [0.25, 0.3) is 16.6 Å². The maximum atomic E-state index is 11.3. The maximum absolute atomic E-state index is 11.3. The molecule has 0 radical (unpaired) electrons. The van der Waals surface area contributed by atoms with Crippen LogP contribution in [0.5, 0.6) is 0 Å². The van der Waals surface area contributed by atoms with E-state index >= 15 is 0 Å². The molecule has 5 rings (SSSR count). The Morgan fingerprint density at radius 3 is 2.91 bits per heavy atom. The van der Waals surface area contributed by atoms with Crippen molar-refractivity contribution < 1.29 is 9.53 Å². The summed E-state index contributed by atoms with van der Waals surface area (Å²) in [6.07, 6.45) is 4.73. The molecule has 1 aliphatic rings. The van der Waals surface area contributed by atoms with E-state index in [4.69, 9.17) is 15.6 Å². The summed E-state index contributed by atoms with van der Waals surface area (Å²) in [7, 11) is 0. The van der Waals surface area contributed by atoms with Crippen LogP contribution in [0, 0.1) is 11.8 Å². The minimum Gasteiger partial charge on any atom is -0.443 e. The Bertz CT molecular complexity index is 1350. The van der Waals surface area contributed by atoms with E-state index in [0.717, 1.165) is 54.0 Å². The topological polar surface area (TPSA) is 98.6 Å². The van der Waals surface area contributed by atoms with Crippen LogP contribution in [-0.4, -0.2) is 44.4 Å². The molecular formula is C26H30N6O2. The minimum atomic E-state index is -0.728. The monoisotopic (exact) mass is 458 g/mol. The number of rotatable bonds is 6. The molecular weight excluding hydrogens is 428 g/mol. The second-order valence-corrected chi connectivity index (χ2v) is 9.73. The highest BCUT2D eigenvalue weighted by molar-refractivity contribution is 5.79. The lowest BCUT2D eigenvalue weighted by molar-refractivity contribution is -0.0128. The van der Waals surface area contributed by atoms with Gasteiger partial charge in [0.15, 0.2) is 5.65 Å². The number of aromatic nitrogens is 4. The number of primary amides is 1. The van der Waals surface area contributed by atoms with Gasteiger partial charge in [-0.1, -0.05) is 19.1 Å². The van der Waals surface area contributed by atoms with Crippen molar-refractivity contribution in [1.29, 1.82) is 0 Å². The van der Waals surface area contributed by atoms with Gasteiger partial charge in [-0.3, -0.25) is 4.98 Å². The molecule has 3 aromatic heterocycles. The zero-order valence-corrected chi connectivity index (χ0v) is 19.8. The normalized spacial score (nSPS) is 17.4. The van der Waals surface area contributed by atoms with E-state index in [1.807, 2.05) is 49.0 Å². The second kappa shape index (κ2) is 8.59. The summed E-state index contributed by atoms with van der Waals surface area (Å²) in [6.45, 7) is 7.74. The molecule has 4 aromatic rings. The Morgan fingerprint density at radius 1 is 1.24 bits per heavy atom. The molecule has 1 saturated heterocycles. The standard InChI is InChI=1S/C26H30N6O2/c1-17(26(2,3)34-25(27)33)20-10-12-31(16-20)24-9-8-23-29-15-21(32(23)30-24)14-18-6-7-22-19(13-18)5-4-11-28-22/h4-9,11,13,15,17,20H,10,12,14,16H2,1-3H3,(H2,27,33). The molecule has 34 heavy (non-hydrogen) atoms. The van der Waals surface area contributed by atoms with Crippen molar-refractivity contribution in [2.24, 2.45) is 17.6 Å². The summed E-state index contributed by atoms with van der Waals surface area (Å²) in [5.74, 6) is 1.47. The van der Waals surface area contributed by atoms with Crippen LogP contribution in [-0.2, 0) is 11.2 Å². The number of carbonyl (C=O) groups is 1. The van der Waals surface area contributed by atoms with Crippen LogP contribution in [0.1, 0.15) is 38.4 Å². The van der Waals surface area contributed by atoms with E-state index in [1.165, 1.54) is 5.56 Å². The van der Waals surface area contributed by atoms with E-state index in [9.17, 15) is 4.79 Å². The summed E-state index contributed by atoms with van der Waals surface area (Å²) in [5.41, 5.74) is 8.73. The number of anilines is 1. The van der Waals surface area contributed by atoms with Crippen molar-refractivity contribution in [3.8, 4) is 0 Å². The average Bonchev–Trinajstić information content (AvgIpc) is 3.45. The van der Waals surface area contributed by atoms with Crippen molar-refractivity contribution in [3.05, 3.63) is 66.1 Å². The summed E-state index contributed by atoms with van der Waals surface area (Å²) in [4.78, 5) is 22.6. The summed E-state index contributed by atoms with van der Waals surface area (Å²) < 4.78 is 7.33. The smallest absolute Gasteiger partial charge is 0.405 e. The van der Waals surface area contributed by atoms with Gasteiger partial charge in [-0.25, -0.2) is 14.3 Å². The molecule has 0 aliphatic carbocycles. The number of nitrogens with two attached hydrogens (primary N) is 1. The van der Waals surface area contributed by atoms with Gasteiger partial charge in [0.05, 0.1) is 17.4 Å². The third-order valence-corrected chi connectivity index (χ3v) is 7.19. The van der Waals surface area contributed by atoms with Crippen LogP contribution in [0.2, 0.25) is 0 Å². The molecule has 0 spiro atoms. The van der Waals surface area contributed by atoms with Crippen LogP contribution < -0.4 is 10.6 Å². The van der Waals surface area contributed by atoms with Gasteiger partial charge in [-0.15, -0.1) is 5.10 Å². The molecule has 1 amide bonds. The molecule has 8 nitrogen and oxygen atoms in total. The Kier molecular flexibility index (Phi) is 5.59. The average molecular weight is 459 g/mol. The first-order chi connectivity index (χ1) is 16.3. The SMILES string of the molecule is CC(C1CCN(c2ccc3ncc(Cc4ccc5ncccc5c4)n3n2)C1)C(C)(C)OC(N)=O. The molecule has 2 N–H and O–H groups in total. The molecule has 0 bridgehead atoms. The number of ether oxygens (including phenoxy) is 1. The zero-order chi connectivity index (χ0) is 23.9. The van der Waals surface area contributed by atoms with Gasteiger partial charge in [0, 0.05) is 37.0 Å². The lowest BCUT2D eigenvalue weighted by atomic mass is 9.81. The zero-order valence-electron chi connectivity index (χ0n) is 19.8. The number of nitrogens with zero attached hydrogens (tertiary/aromatic N) is 5. The largest absolute Gasteiger partial charge is 0.443 e. The fraction of sp³-hybridized carbons (Fsp3) is 0.385. The fourth-order valence-corrected chi connectivity index (χ4v) is 4.97. The van der Waals surface area contributed by atoms with Gasteiger partial charge in [-0.05, 0) is 62.1 Å². The predicted octanol–water partition coefficient (Wildman–Crippen LogP) is 4.20. The van der Waals surface area contributed by atoms with Gasteiger partial charge in [0.25, 0.3) is 0 Å². The fourth-order valence-electron chi connectivity index (χ4n) is 4.97. The molecule has 4 heterocycles. The number of imidazole rings is 1. The maximum Gasteiger partial charge on any atom is 0.405 e. The number of amides is 1. The van der Waals surface area contributed by atoms with Crippen molar-refractivity contribution in [3.63, 3.8) is 0 Å². The molecule has 0 saturated carbocycles. The highest BCUT2D eigenvalue weighted by Crippen LogP contribution is 2.35. The minimum absolute atomic E-state index is 0.167. The Morgan fingerprint density at radius 2 is 2.09 bits per heavy atom. The molecule has 1 aromatic carbocycles. The first kappa shape index (κ1) is 22.1. The molecule has 1 fully saturated rings. The number of benzene rings is 1. The predicted molar refractivity (Wildman–Crippen MR) is 132 cm³/mol. The van der Waals surface area contributed by atoms with Crippen molar-refractivity contribution in [2.45, 2.75) is 39.2 Å². The van der Waals surface area contributed by atoms with Crippen LogP contribution in [0.3, 0.4) is 0 Å². The second-order valence-electron chi connectivity index (χ2n) is 9.73. The van der Waals surface area contributed by atoms with Crippen LogP contribution >= 0.6 is 0 Å². The quantitative estimate of drug-likeness (QED) is 0.465. The highest BCUT2D eigenvalue weighted by atomic mass is 16.6. The van der Waals surface area contributed by atoms with Gasteiger partial charge >= 0.3 is 6.09 Å². The van der Waals surface area contributed by atoms with E-state index in [0.29, 0.717) is 5.92 Å². The van der Waals surface area contributed by atoms with Crippen LogP contribution in [0.4, 0.5) is 10.6 Å². The third-order valence-electron chi connectivity index (χ3n) is 7.19. The first-order valence-corrected chi connectivity index (χ1v) is 11.7. The Hall–Kier alpha value is -3.68. The number of carbonyl (C=O) groups excluding carboxylic acids is 1. The van der Waals surface area contributed by atoms with Gasteiger partial charge in [0.2, 0.25) is 0 Å². The summed E-state index contributed by atoms with van der Waals surface area (Å²) >= 11 is 0. The van der Waals surface area contributed by atoms with Crippen molar-refractivity contribution in [1.82, 2.24) is 19.6 Å². The van der Waals surface area contributed by atoms with Crippen LogP contribution in [0.15, 0.2) is 54.9 Å². The van der Waals surface area contributed by atoms with E-state index in [-0.39, 0.29) is 5.92 Å². The lowest BCUT2D eigenvalue weighted by Crippen LogP contribution is -2.41. The lowest BCUT2D eigenvalue weighted by Gasteiger charge is -2.34. The number of fused-ring (bicyclic) bond motifs is 2.